The maximum Gasteiger partial charge on any atom is 0.0823 e. The summed E-state index contributed by atoms with van der Waals surface area (Å²) in [6.45, 7) is 6.59. The Morgan fingerprint density at radius 1 is 0.952 bits per heavy atom. The molecule has 0 radical (unpaired) electrons. The fourth-order valence-corrected chi connectivity index (χ4v) is 2.70. The minimum absolute atomic E-state index is 0.175. The van der Waals surface area contributed by atoms with E-state index in [1.165, 1.54) is 11.1 Å². The SMILES string of the molecule is CC(C)Cc1ccc(C(C)Nc2cccc(Cl)c2Cl)cc1. The zero-order chi connectivity index (χ0) is 15.4. The Morgan fingerprint density at radius 3 is 2.24 bits per heavy atom. The first-order chi connectivity index (χ1) is 9.97. The molecule has 1 N–H and O–H groups in total. The Hall–Kier alpha value is -1.18. The first kappa shape index (κ1) is 16.2. The molecule has 2 aromatic rings. The molecule has 21 heavy (non-hydrogen) atoms. The van der Waals surface area contributed by atoms with Crippen molar-refractivity contribution in [3.63, 3.8) is 0 Å². The summed E-state index contributed by atoms with van der Waals surface area (Å²) in [7, 11) is 0. The normalized spacial score (nSPS) is 12.5. The summed E-state index contributed by atoms with van der Waals surface area (Å²) in [4.78, 5) is 0. The highest BCUT2D eigenvalue weighted by atomic mass is 35.5. The molecule has 0 spiro atoms. The fraction of sp³-hybridized carbons (Fsp3) is 0.333. The quantitative estimate of drug-likeness (QED) is 0.675. The molecular weight excluding hydrogens is 301 g/mol. The molecule has 1 atom stereocenters. The molecular formula is C18H21Cl2N. The van der Waals surface area contributed by atoms with E-state index < -0.39 is 0 Å². The molecule has 0 aromatic heterocycles. The van der Waals surface area contributed by atoms with Crippen LogP contribution in [0.4, 0.5) is 5.69 Å². The molecule has 2 rings (SSSR count). The molecule has 0 saturated heterocycles. The van der Waals surface area contributed by atoms with E-state index in [4.69, 9.17) is 23.2 Å². The molecule has 0 heterocycles. The first-order valence-electron chi connectivity index (χ1n) is 7.26. The van der Waals surface area contributed by atoms with Gasteiger partial charge in [0.05, 0.1) is 15.7 Å². The van der Waals surface area contributed by atoms with Crippen molar-refractivity contribution in [2.75, 3.05) is 5.32 Å². The van der Waals surface area contributed by atoms with Crippen LogP contribution in [0, 0.1) is 5.92 Å². The molecule has 3 heteroatoms. The lowest BCUT2D eigenvalue weighted by molar-refractivity contribution is 0.647. The minimum Gasteiger partial charge on any atom is -0.377 e. The van der Waals surface area contributed by atoms with Crippen LogP contribution in [-0.2, 0) is 6.42 Å². The number of hydrogen-bond acceptors (Lipinski definition) is 1. The Labute approximate surface area is 137 Å². The monoisotopic (exact) mass is 321 g/mol. The van der Waals surface area contributed by atoms with Gasteiger partial charge in [0.25, 0.3) is 0 Å². The van der Waals surface area contributed by atoms with Crippen molar-refractivity contribution in [2.24, 2.45) is 5.92 Å². The predicted molar refractivity (Wildman–Crippen MR) is 93.5 cm³/mol. The second kappa shape index (κ2) is 7.20. The smallest absolute Gasteiger partial charge is 0.0823 e. The van der Waals surface area contributed by atoms with Crippen molar-refractivity contribution in [1.29, 1.82) is 0 Å². The Bertz CT molecular complexity index is 591. The third-order valence-electron chi connectivity index (χ3n) is 3.45. The second-order valence-corrected chi connectivity index (χ2v) is 6.59. The van der Waals surface area contributed by atoms with E-state index in [-0.39, 0.29) is 6.04 Å². The Kier molecular flexibility index (Phi) is 5.55. The molecule has 2 aromatic carbocycles. The van der Waals surface area contributed by atoms with Crippen LogP contribution in [0.25, 0.3) is 0 Å². The molecule has 0 saturated carbocycles. The maximum atomic E-state index is 6.21. The minimum atomic E-state index is 0.175. The van der Waals surface area contributed by atoms with Gasteiger partial charge in [0, 0.05) is 6.04 Å². The number of rotatable bonds is 5. The Morgan fingerprint density at radius 2 is 1.62 bits per heavy atom. The standard InChI is InChI=1S/C18H21Cl2N/c1-12(2)11-14-7-9-15(10-8-14)13(3)21-17-6-4-5-16(19)18(17)20/h4-10,12-13,21H,11H2,1-3H3. The van der Waals surface area contributed by atoms with Crippen molar-refractivity contribution in [1.82, 2.24) is 0 Å². The summed E-state index contributed by atoms with van der Waals surface area (Å²) in [5.41, 5.74) is 3.48. The lowest BCUT2D eigenvalue weighted by atomic mass is 10.00. The van der Waals surface area contributed by atoms with E-state index in [2.05, 4.69) is 50.4 Å². The topological polar surface area (TPSA) is 12.0 Å². The molecule has 0 amide bonds. The van der Waals surface area contributed by atoms with E-state index in [1.54, 1.807) is 6.07 Å². The van der Waals surface area contributed by atoms with E-state index in [0.29, 0.717) is 16.0 Å². The summed E-state index contributed by atoms with van der Waals surface area (Å²) >= 11 is 12.3. The number of halogens is 2. The van der Waals surface area contributed by atoms with Crippen LogP contribution < -0.4 is 5.32 Å². The summed E-state index contributed by atoms with van der Waals surface area (Å²) in [5.74, 6) is 0.677. The molecule has 0 aliphatic rings. The van der Waals surface area contributed by atoms with Crippen LogP contribution in [-0.4, -0.2) is 0 Å². The van der Waals surface area contributed by atoms with Gasteiger partial charge in [-0.25, -0.2) is 0 Å². The summed E-state index contributed by atoms with van der Waals surface area (Å²) < 4.78 is 0. The molecule has 0 aliphatic carbocycles. The number of hydrogen-bond donors (Lipinski definition) is 1. The predicted octanol–water partition coefficient (Wildman–Crippen LogP) is 6.37. The van der Waals surface area contributed by atoms with Crippen LogP contribution in [0.1, 0.15) is 37.9 Å². The molecule has 0 aliphatic heterocycles. The summed E-state index contributed by atoms with van der Waals surface area (Å²) in [5, 5.41) is 4.55. The summed E-state index contributed by atoms with van der Waals surface area (Å²) in [6.07, 6.45) is 1.11. The number of nitrogens with one attached hydrogen (secondary N) is 1. The average Bonchev–Trinajstić information content (AvgIpc) is 2.44. The van der Waals surface area contributed by atoms with Crippen molar-refractivity contribution in [3.05, 3.63) is 63.6 Å². The van der Waals surface area contributed by atoms with Crippen molar-refractivity contribution in [3.8, 4) is 0 Å². The van der Waals surface area contributed by atoms with E-state index >= 15 is 0 Å². The van der Waals surface area contributed by atoms with E-state index in [1.807, 2.05) is 12.1 Å². The fourth-order valence-electron chi connectivity index (χ4n) is 2.35. The van der Waals surface area contributed by atoms with Gasteiger partial charge in [0.1, 0.15) is 0 Å². The lowest BCUT2D eigenvalue weighted by Gasteiger charge is -2.18. The molecule has 1 unspecified atom stereocenters. The molecule has 1 nitrogen and oxygen atoms in total. The van der Waals surface area contributed by atoms with Crippen molar-refractivity contribution >= 4 is 28.9 Å². The van der Waals surface area contributed by atoms with Gasteiger partial charge in [-0.3, -0.25) is 0 Å². The van der Waals surface area contributed by atoms with Gasteiger partial charge >= 0.3 is 0 Å². The van der Waals surface area contributed by atoms with Gasteiger partial charge in [-0.15, -0.1) is 0 Å². The average molecular weight is 322 g/mol. The molecule has 112 valence electrons. The second-order valence-electron chi connectivity index (χ2n) is 5.81. The highest BCUT2D eigenvalue weighted by Crippen LogP contribution is 2.32. The van der Waals surface area contributed by atoms with Crippen LogP contribution in [0.2, 0.25) is 10.0 Å². The number of benzene rings is 2. The largest absolute Gasteiger partial charge is 0.377 e. The van der Waals surface area contributed by atoms with Gasteiger partial charge in [-0.05, 0) is 42.5 Å². The van der Waals surface area contributed by atoms with Crippen molar-refractivity contribution in [2.45, 2.75) is 33.2 Å². The highest BCUT2D eigenvalue weighted by molar-refractivity contribution is 6.43. The lowest BCUT2D eigenvalue weighted by Crippen LogP contribution is -2.07. The van der Waals surface area contributed by atoms with E-state index in [0.717, 1.165) is 12.1 Å². The molecule has 0 bridgehead atoms. The van der Waals surface area contributed by atoms with Crippen LogP contribution in [0.5, 0.6) is 0 Å². The maximum absolute atomic E-state index is 6.21. The number of anilines is 1. The van der Waals surface area contributed by atoms with Gasteiger partial charge in [-0.1, -0.05) is 67.4 Å². The van der Waals surface area contributed by atoms with Crippen LogP contribution in [0.15, 0.2) is 42.5 Å². The zero-order valence-electron chi connectivity index (χ0n) is 12.7. The van der Waals surface area contributed by atoms with Crippen molar-refractivity contribution < 1.29 is 0 Å². The van der Waals surface area contributed by atoms with Gasteiger partial charge in [0.15, 0.2) is 0 Å². The summed E-state index contributed by atoms with van der Waals surface area (Å²) in [6, 6.07) is 14.6. The zero-order valence-corrected chi connectivity index (χ0v) is 14.2. The van der Waals surface area contributed by atoms with Crippen LogP contribution in [0.3, 0.4) is 0 Å². The Balaban J connectivity index is 2.09. The third-order valence-corrected chi connectivity index (χ3v) is 4.27. The van der Waals surface area contributed by atoms with Gasteiger partial charge in [0.2, 0.25) is 0 Å². The highest BCUT2D eigenvalue weighted by Gasteiger charge is 2.09. The van der Waals surface area contributed by atoms with Gasteiger partial charge in [-0.2, -0.15) is 0 Å². The third kappa shape index (κ3) is 4.39. The first-order valence-corrected chi connectivity index (χ1v) is 8.02. The van der Waals surface area contributed by atoms with E-state index in [9.17, 15) is 0 Å². The molecule has 0 fully saturated rings. The van der Waals surface area contributed by atoms with Gasteiger partial charge < -0.3 is 5.32 Å². The van der Waals surface area contributed by atoms with Crippen LogP contribution >= 0.6 is 23.2 Å².